The number of nitrogens with zero attached hydrogens (tertiary/aromatic N) is 3. The van der Waals surface area contributed by atoms with Gasteiger partial charge >= 0.3 is 0 Å². The summed E-state index contributed by atoms with van der Waals surface area (Å²) < 4.78 is 0. The Kier molecular flexibility index (Phi) is 3.86. The Hall–Kier alpha value is -3.27. The number of hydrogen-bond acceptors (Lipinski definition) is 4. The second kappa shape index (κ2) is 6.46. The molecule has 0 radical (unpaired) electrons. The van der Waals surface area contributed by atoms with Crippen LogP contribution in [0.25, 0.3) is 10.8 Å². The average molecular weight is 312 g/mol. The number of aromatic nitrogens is 3. The van der Waals surface area contributed by atoms with Crippen LogP contribution >= 0.6 is 0 Å². The zero-order valence-corrected chi connectivity index (χ0v) is 13.1. The maximum absolute atomic E-state index is 4.64. The lowest BCUT2D eigenvalue weighted by molar-refractivity contribution is 1.15. The van der Waals surface area contributed by atoms with Crippen molar-refractivity contribution in [1.29, 1.82) is 0 Å². The van der Waals surface area contributed by atoms with Gasteiger partial charge in [-0.05, 0) is 47.2 Å². The highest BCUT2D eigenvalue weighted by Gasteiger charge is 2.08. The summed E-state index contributed by atoms with van der Waals surface area (Å²) in [4.78, 5) is 12.9. The standard InChI is InChI=1S/C20H16N4/c1-2-6-19-18(5-1)16(12-15-7-10-21-11-8-15)13-23-20(19)24-17-4-3-9-22-14-17/h1-11,13-14H,12H2,(H,23,24). The van der Waals surface area contributed by atoms with E-state index in [1.54, 1.807) is 12.4 Å². The number of hydrogen-bond donors (Lipinski definition) is 1. The molecule has 4 aromatic rings. The molecule has 1 aromatic carbocycles. The van der Waals surface area contributed by atoms with Crippen LogP contribution < -0.4 is 5.32 Å². The molecule has 0 bridgehead atoms. The van der Waals surface area contributed by atoms with Gasteiger partial charge in [0.05, 0.1) is 11.9 Å². The first-order valence-corrected chi connectivity index (χ1v) is 7.83. The van der Waals surface area contributed by atoms with Gasteiger partial charge in [0, 0.05) is 30.2 Å². The van der Waals surface area contributed by atoms with E-state index in [0.717, 1.165) is 23.3 Å². The molecule has 1 N–H and O–H groups in total. The van der Waals surface area contributed by atoms with E-state index in [0.29, 0.717) is 0 Å². The van der Waals surface area contributed by atoms with E-state index in [-0.39, 0.29) is 0 Å². The summed E-state index contributed by atoms with van der Waals surface area (Å²) in [5.74, 6) is 0.845. The lowest BCUT2D eigenvalue weighted by Gasteiger charge is -2.12. The third kappa shape index (κ3) is 2.94. The summed E-state index contributed by atoms with van der Waals surface area (Å²) in [7, 11) is 0. The zero-order valence-electron chi connectivity index (χ0n) is 13.1. The molecule has 0 saturated carbocycles. The molecule has 0 unspecified atom stereocenters. The second-order valence-electron chi connectivity index (χ2n) is 5.58. The number of pyridine rings is 3. The molecule has 0 aliphatic rings. The predicted octanol–water partition coefficient (Wildman–Crippen LogP) is 4.36. The lowest BCUT2D eigenvalue weighted by Crippen LogP contribution is -1.98. The first-order chi connectivity index (χ1) is 11.9. The smallest absolute Gasteiger partial charge is 0.138 e. The number of anilines is 2. The highest BCUT2D eigenvalue weighted by atomic mass is 15.0. The Morgan fingerprint density at radius 2 is 1.58 bits per heavy atom. The third-order valence-electron chi connectivity index (χ3n) is 3.95. The molecule has 3 heterocycles. The largest absolute Gasteiger partial charge is 0.338 e. The number of benzene rings is 1. The topological polar surface area (TPSA) is 50.7 Å². The Morgan fingerprint density at radius 1 is 0.750 bits per heavy atom. The van der Waals surface area contributed by atoms with Gasteiger partial charge < -0.3 is 5.32 Å². The molecule has 0 amide bonds. The minimum atomic E-state index is 0.837. The first-order valence-electron chi connectivity index (χ1n) is 7.83. The van der Waals surface area contributed by atoms with Gasteiger partial charge in [0.1, 0.15) is 5.82 Å². The Labute approximate surface area is 140 Å². The van der Waals surface area contributed by atoms with Crippen molar-refractivity contribution < 1.29 is 0 Å². The number of rotatable bonds is 4. The van der Waals surface area contributed by atoms with E-state index < -0.39 is 0 Å². The van der Waals surface area contributed by atoms with Crippen LogP contribution in [0, 0.1) is 0 Å². The van der Waals surface area contributed by atoms with Crippen LogP contribution in [0.15, 0.2) is 79.5 Å². The van der Waals surface area contributed by atoms with Gasteiger partial charge in [-0.2, -0.15) is 0 Å². The molecule has 0 aliphatic carbocycles. The lowest BCUT2D eigenvalue weighted by atomic mass is 10.0. The predicted molar refractivity (Wildman–Crippen MR) is 96.3 cm³/mol. The van der Waals surface area contributed by atoms with E-state index in [1.807, 2.05) is 48.9 Å². The fraction of sp³-hybridized carbons (Fsp3) is 0.0500. The van der Waals surface area contributed by atoms with Crippen LogP contribution in [0.3, 0.4) is 0 Å². The van der Waals surface area contributed by atoms with Crippen LogP contribution in [0.2, 0.25) is 0 Å². The molecule has 0 fully saturated rings. The monoisotopic (exact) mass is 312 g/mol. The molecule has 116 valence electrons. The highest BCUT2D eigenvalue weighted by Crippen LogP contribution is 2.27. The van der Waals surface area contributed by atoms with Gasteiger partial charge in [-0.3, -0.25) is 9.97 Å². The van der Waals surface area contributed by atoms with Gasteiger partial charge in [0.25, 0.3) is 0 Å². The molecule has 0 atom stereocenters. The molecule has 0 saturated heterocycles. The molecule has 24 heavy (non-hydrogen) atoms. The quantitative estimate of drug-likeness (QED) is 0.608. The van der Waals surface area contributed by atoms with Gasteiger partial charge in [0.15, 0.2) is 0 Å². The highest BCUT2D eigenvalue weighted by molar-refractivity contribution is 5.95. The molecule has 4 rings (SSSR count). The molecular formula is C20H16N4. The van der Waals surface area contributed by atoms with Gasteiger partial charge in [-0.25, -0.2) is 4.98 Å². The first kappa shape index (κ1) is 14.3. The minimum absolute atomic E-state index is 0.837. The minimum Gasteiger partial charge on any atom is -0.338 e. The molecule has 0 spiro atoms. The summed E-state index contributed by atoms with van der Waals surface area (Å²) >= 11 is 0. The van der Waals surface area contributed by atoms with Gasteiger partial charge in [0.2, 0.25) is 0 Å². The Balaban J connectivity index is 1.74. The van der Waals surface area contributed by atoms with Gasteiger partial charge in [-0.1, -0.05) is 24.3 Å². The van der Waals surface area contributed by atoms with E-state index in [2.05, 4.69) is 38.5 Å². The number of fused-ring (bicyclic) bond motifs is 1. The van der Waals surface area contributed by atoms with Crippen molar-refractivity contribution >= 4 is 22.3 Å². The molecule has 0 aliphatic heterocycles. The van der Waals surface area contributed by atoms with Crippen LogP contribution in [0.5, 0.6) is 0 Å². The maximum Gasteiger partial charge on any atom is 0.138 e. The van der Waals surface area contributed by atoms with Crippen molar-refractivity contribution in [2.45, 2.75) is 6.42 Å². The van der Waals surface area contributed by atoms with Crippen LogP contribution in [0.4, 0.5) is 11.5 Å². The van der Waals surface area contributed by atoms with Gasteiger partial charge in [-0.15, -0.1) is 0 Å². The molecule has 3 aromatic heterocycles. The second-order valence-corrected chi connectivity index (χ2v) is 5.58. The van der Waals surface area contributed by atoms with Crippen molar-refractivity contribution in [3.8, 4) is 0 Å². The van der Waals surface area contributed by atoms with Crippen molar-refractivity contribution in [2.24, 2.45) is 0 Å². The zero-order chi connectivity index (χ0) is 16.2. The van der Waals surface area contributed by atoms with E-state index >= 15 is 0 Å². The van der Waals surface area contributed by atoms with E-state index in [9.17, 15) is 0 Å². The molecule has 4 nitrogen and oxygen atoms in total. The maximum atomic E-state index is 4.64. The Morgan fingerprint density at radius 3 is 2.38 bits per heavy atom. The van der Waals surface area contributed by atoms with Crippen molar-refractivity contribution in [3.05, 3.63) is 90.6 Å². The fourth-order valence-electron chi connectivity index (χ4n) is 2.79. The Bertz CT molecular complexity index is 873. The summed E-state index contributed by atoms with van der Waals surface area (Å²) in [6, 6.07) is 16.3. The van der Waals surface area contributed by atoms with Crippen molar-refractivity contribution in [1.82, 2.24) is 15.0 Å². The van der Waals surface area contributed by atoms with Crippen LogP contribution in [0.1, 0.15) is 11.1 Å². The summed E-state index contributed by atoms with van der Waals surface area (Å²) in [6.45, 7) is 0. The van der Waals surface area contributed by atoms with E-state index in [4.69, 9.17) is 0 Å². The molecule has 4 heteroatoms. The average Bonchev–Trinajstić information content (AvgIpc) is 2.65. The summed E-state index contributed by atoms with van der Waals surface area (Å²) in [6.07, 6.45) is 9.98. The van der Waals surface area contributed by atoms with Crippen molar-refractivity contribution in [3.63, 3.8) is 0 Å². The molecular weight excluding hydrogens is 296 g/mol. The number of nitrogens with one attached hydrogen (secondary N) is 1. The normalized spacial score (nSPS) is 10.7. The van der Waals surface area contributed by atoms with Crippen LogP contribution in [-0.4, -0.2) is 15.0 Å². The summed E-state index contributed by atoms with van der Waals surface area (Å²) in [5.41, 5.74) is 3.36. The SMILES string of the molecule is c1cncc(Nc2ncc(Cc3ccncc3)c3ccccc23)c1. The van der Waals surface area contributed by atoms with Crippen LogP contribution in [-0.2, 0) is 6.42 Å². The summed E-state index contributed by atoms with van der Waals surface area (Å²) in [5, 5.41) is 5.66. The third-order valence-corrected chi connectivity index (χ3v) is 3.95. The van der Waals surface area contributed by atoms with Crippen molar-refractivity contribution in [2.75, 3.05) is 5.32 Å². The fourth-order valence-corrected chi connectivity index (χ4v) is 2.79. The van der Waals surface area contributed by atoms with E-state index in [1.165, 1.54) is 16.5 Å².